The summed E-state index contributed by atoms with van der Waals surface area (Å²) in [6.07, 6.45) is 0. The molecule has 2 aromatic rings. The van der Waals surface area contributed by atoms with Gasteiger partial charge in [0.1, 0.15) is 5.69 Å². The van der Waals surface area contributed by atoms with E-state index in [1.807, 2.05) is 24.5 Å². The number of nitrogens with zero attached hydrogens (tertiary/aromatic N) is 2. The number of rotatable bonds is 4. The van der Waals surface area contributed by atoms with Crippen molar-refractivity contribution in [3.05, 3.63) is 56.8 Å². The molecule has 0 radical (unpaired) electrons. The molecule has 0 saturated carbocycles. The summed E-state index contributed by atoms with van der Waals surface area (Å²) in [7, 11) is 0. The van der Waals surface area contributed by atoms with E-state index >= 15 is 0 Å². The third-order valence-electron chi connectivity index (χ3n) is 3.34. The van der Waals surface area contributed by atoms with Gasteiger partial charge in [-0.3, -0.25) is 4.79 Å². The van der Waals surface area contributed by atoms with Gasteiger partial charge in [0.15, 0.2) is 0 Å². The molecule has 1 heterocycles. The molecule has 0 bridgehead atoms. The molecule has 1 aromatic carbocycles. The zero-order chi connectivity index (χ0) is 15.6. The predicted molar refractivity (Wildman–Crippen MR) is 86.7 cm³/mol. The number of aromatic nitrogens is 1. The predicted octanol–water partition coefficient (Wildman–Crippen LogP) is 4.78. The number of ketones is 1. The molecule has 3 nitrogen and oxygen atoms in total. The highest BCUT2D eigenvalue weighted by atomic mass is 79.9. The smallest absolute Gasteiger partial charge is 0.210 e. The maximum Gasteiger partial charge on any atom is 0.210 e. The highest BCUT2D eigenvalue weighted by molar-refractivity contribution is 9.10. The van der Waals surface area contributed by atoms with Crippen LogP contribution in [0.2, 0.25) is 5.02 Å². The quantitative estimate of drug-likeness (QED) is 0.732. The summed E-state index contributed by atoms with van der Waals surface area (Å²) in [5.74, 6) is -0.384. The molecule has 5 heteroatoms. The molecular formula is C16H14BrClN2O. The third kappa shape index (κ3) is 3.04. The Morgan fingerprint density at radius 2 is 2.19 bits per heavy atom. The van der Waals surface area contributed by atoms with Crippen LogP contribution in [0.25, 0.3) is 0 Å². The first-order valence-electron chi connectivity index (χ1n) is 6.58. The molecule has 0 aliphatic carbocycles. The van der Waals surface area contributed by atoms with Gasteiger partial charge < -0.3 is 4.57 Å². The second kappa shape index (κ2) is 6.46. The molecule has 0 N–H and O–H groups in total. The first-order chi connectivity index (χ1) is 9.99. The van der Waals surface area contributed by atoms with Crippen LogP contribution in [0.3, 0.4) is 0 Å². The lowest BCUT2D eigenvalue weighted by Gasteiger charge is -2.12. The van der Waals surface area contributed by atoms with Crippen molar-refractivity contribution in [2.24, 2.45) is 0 Å². The van der Waals surface area contributed by atoms with Crippen molar-refractivity contribution < 1.29 is 4.79 Å². The van der Waals surface area contributed by atoms with Gasteiger partial charge >= 0.3 is 0 Å². The van der Waals surface area contributed by atoms with E-state index in [1.54, 1.807) is 24.3 Å². The van der Waals surface area contributed by atoms with Crippen LogP contribution in [0.4, 0.5) is 0 Å². The van der Waals surface area contributed by atoms with E-state index in [4.69, 9.17) is 16.9 Å². The number of hydrogen-bond donors (Lipinski definition) is 0. The monoisotopic (exact) mass is 364 g/mol. The molecule has 1 atom stereocenters. The summed E-state index contributed by atoms with van der Waals surface area (Å²) < 4.78 is 2.58. The normalized spacial score (nSPS) is 12.0. The van der Waals surface area contributed by atoms with Gasteiger partial charge in [0.2, 0.25) is 5.78 Å². The minimum atomic E-state index is -0.276. The standard InChI is InChI=1S/C16H14BrClN2O/c1-3-20-14(10(2)9-19)8-13(17)15(20)16(21)11-5-4-6-12(18)7-11/h4-8,10H,3H2,1-2H3. The van der Waals surface area contributed by atoms with E-state index in [2.05, 4.69) is 22.0 Å². The van der Waals surface area contributed by atoms with Gasteiger partial charge in [-0.1, -0.05) is 23.7 Å². The molecular weight excluding hydrogens is 352 g/mol. The first kappa shape index (κ1) is 15.8. The number of halogens is 2. The van der Waals surface area contributed by atoms with Gasteiger partial charge in [0.05, 0.1) is 12.0 Å². The SMILES string of the molecule is CCn1c(C(C)C#N)cc(Br)c1C(=O)c1cccc(Cl)c1. The van der Waals surface area contributed by atoms with Crippen LogP contribution in [0.15, 0.2) is 34.8 Å². The highest BCUT2D eigenvalue weighted by Crippen LogP contribution is 2.29. The second-order valence-electron chi connectivity index (χ2n) is 4.70. The molecule has 1 aromatic heterocycles. The van der Waals surface area contributed by atoms with Crippen molar-refractivity contribution in [3.63, 3.8) is 0 Å². The zero-order valence-electron chi connectivity index (χ0n) is 11.7. The number of benzene rings is 1. The summed E-state index contributed by atoms with van der Waals surface area (Å²) in [4.78, 5) is 12.7. The Morgan fingerprint density at radius 3 is 2.76 bits per heavy atom. The van der Waals surface area contributed by atoms with Gasteiger partial charge in [-0.05, 0) is 48.0 Å². The summed E-state index contributed by atoms with van der Waals surface area (Å²) in [5.41, 5.74) is 1.92. The van der Waals surface area contributed by atoms with Crippen LogP contribution in [-0.2, 0) is 6.54 Å². The van der Waals surface area contributed by atoms with Crippen LogP contribution in [0.1, 0.15) is 41.5 Å². The lowest BCUT2D eigenvalue weighted by molar-refractivity contribution is 0.102. The summed E-state index contributed by atoms with van der Waals surface area (Å²) >= 11 is 9.39. The van der Waals surface area contributed by atoms with Crippen molar-refractivity contribution in [1.82, 2.24) is 4.57 Å². The molecule has 0 aliphatic rings. The average molecular weight is 366 g/mol. The Bertz CT molecular complexity index is 730. The minimum absolute atomic E-state index is 0.109. The van der Waals surface area contributed by atoms with Gasteiger partial charge in [-0.2, -0.15) is 5.26 Å². The molecule has 0 fully saturated rings. The fourth-order valence-corrected chi connectivity index (χ4v) is 3.12. The fourth-order valence-electron chi connectivity index (χ4n) is 2.30. The Balaban J connectivity index is 2.56. The molecule has 2 rings (SSSR count). The van der Waals surface area contributed by atoms with E-state index < -0.39 is 0 Å². The maximum absolute atomic E-state index is 12.7. The van der Waals surface area contributed by atoms with E-state index in [9.17, 15) is 4.79 Å². The van der Waals surface area contributed by atoms with Crippen LogP contribution in [-0.4, -0.2) is 10.4 Å². The summed E-state index contributed by atoms with van der Waals surface area (Å²) in [6, 6.07) is 10.9. The second-order valence-corrected chi connectivity index (χ2v) is 5.99. The first-order valence-corrected chi connectivity index (χ1v) is 7.75. The minimum Gasteiger partial charge on any atom is -0.340 e. The van der Waals surface area contributed by atoms with Crippen LogP contribution in [0, 0.1) is 11.3 Å². The Morgan fingerprint density at radius 1 is 1.48 bits per heavy atom. The van der Waals surface area contributed by atoms with Crippen LogP contribution in [0.5, 0.6) is 0 Å². The number of nitriles is 1. The van der Waals surface area contributed by atoms with Gasteiger partial charge in [0.25, 0.3) is 0 Å². The Kier molecular flexibility index (Phi) is 4.87. The third-order valence-corrected chi connectivity index (χ3v) is 4.18. The lowest BCUT2D eigenvalue weighted by Crippen LogP contribution is -2.13. The van der Waals surface area contributed by atoms with Crippen molar-refractivity contribution in [3.8, 4) is 6.07 Å². The molecule has 108 valence electrons. The fraction of sp³-hybridized carbons (Fsp3) is 0.250. The molecule has 0 amide bonds. The summed E-state index contributed by atoms with van der Waals surface area (Å²) in [5, 5.41) is 9.64. The van der Waals surface area contributed by atoms with Crippen molar-refractivity contribution in [2.45, 2.75) is 26.3 Å². The summed E-state index contributed by atoms with van der Waals surface area (Å²) in [6.45, 7) is 4.39. The van der Waals surface area contributed by atoms with E-state index in [-0.39, 0.29) is 11.7 Å². The number of hydrogen-bond acceptors (Lipinski definition) is 2. The Labute approximate surface area is 137 Å². The molecule has 0 saturated heterocycles. The maximum atomic E-state index is 12.7. The average Bonchev–Trinajstić information content (AvgIpc) is 2.82. The van der Waals surface area contributed by atoms with Gasteiger partial charge in [-0.25, -0.2) is 0 Å². The van der Waals surface area contributed by atoms with Crippen molar-refractivity contribution >= 4 is 33.3 Å². The molecule has 21 heavy (non-hydrogen) atoms. The topological polar surface area (TPSA) is 45.8 Å². The van der Waals surface area contributed by atoms with Crippen molar-refractivity contribution in [1.29, 1.82) is 5.26 Å². The van der Waals surface area contributed by atoms with Crippen molar-refractivity contribution in [2.75, 3.05) is 0 Å². The van der Waals surface area contributed by atoms with E-state index in [1.165, 1.54) is 0 Å². The lowest BCUT2D eigenvalue weighted by atomic mass is 10.1. The molecule has 0 spiro atoms. The molecule has 0 aliphatic heterocycles. The van der Waals surface area contributed by atoms with Crippen LogP contribution < -0.4 is 0 Å². The molecule has 1 unspecified atom stereocenters. The number of carbonyl (C=O) groups is 1. The van der Waals surface area contributed by atoms with E-state index in [0.29, 0.717) is 27.3 Å². The van der Waals surface area contributed by atoms with Crippen LogP contribution >= 0.6 is 27.5 Å². The van der Waals surface area contributed by atoms with E-state index in [0.717, 1.165) is 5.69 Å². The highest BCUT2D eigenvalue weighted by Gasteiger charge is 2.23. The number of carbonyl (C=O) groups excluding carboxylic acids is 1. The van der Waals surface area contributed by atoms with Gasteiger partial charge in [-0.15, -0.1) is 0 Å². The zero-order valence-corrected chi connectivity index (χ0v) is 14.1. The Hall–Kier alpha value is -1.57. The van der Waals surface area contributed by atoms with Gasteiger partial charge in [0, 0.05) is 27.3 Å². The largest absolute Gasteiger partial charge is 0.340 e.